The van der Waals surface area contributed by atoms with Crippen molar-refractivity contribution in [1.29, 1.82) is 0 Å². The molecule has 0 bridgehead atoms. The largest absolute Gasteiger partial charge is 0.444 e. The number of carbonyl (C=O) groups is 1. The Balaban J connectivity index is 1.65. The molecule has 1 unspecified atom stereocenters. The molecule has 3 heterocycles. The van der Waals surface area contributed by atoms with E-state index >= 15 is 0 Å². The molecular formula is C17H23ClN6O4. The molecule has 0 radical (unpaired) electrons. The summed E-state index contributed by atoms with van der Waals surface area (Å²) in [6.45, 7) is 8.94. The van der Waals surface area contributed by atoms with Crippen LogP contribution in [0.5, 0.6) is 0 Å². The molecule has 28 heavy (non-hydrogen) atoms. The second kappa shape index (κ2) is 8.27. The number of aromatic nitrogens is 4. The molecule has 0 aromatic carbocycles. The Labute approximate surface area is 167 Å². The number of halogens is 1. The first-order chi connectivity index (χ1) is 13.2. The highest BCUT2D eigenvalue weighted by Gasteiger charge is 2.28. The SMILES string of the molecule is Cc1nnc(-c2nnc(Cl)cc2NCC2CN(C(=O)OC(C)(C)C)CCO2)o1. The molecule has 0 spiro atoms. The summed E-state index contributed by atoms with van der Waals surface area (Å²) in [6.07, 6.45) is -0.582. The van der Waals surface area contributed by atoms with Crippen molar-refractivity contribution in [2.75, 3.05) is 31.6 Å². The van der Waals surface area contributed by atoms with Crippen LogP contribution in [-0.2, 0) is 9.47 Å². The van der Waals surface area contributed by atoms with Crippen molar-refractivity contribution < 1.29 is 18.7 Å². The Kier molecular flexibility index (Phi) is 5.99. The van der Waals surface area contributed by atoms with Gasteiger partial charge in [0.2, 0.25) is 5.89 Å². The van der Waals surface area contributed by atoms with Crippen molar-refractivity contribution in [2.24, 2.45) is 0 Å². The molecule has 2 aromatic rings. The number of nitrogens with zero attached hydrogens (tertiary/aromatic N) is 5. The van der Waals surface area contributed by atoms with Crippen LogP contribution in [0.25, 0.3) is 11.6 Å². The molecule has 10 nitrogen and oxygen atoms in total. The van der Waals surface area contributed by atoms with Gasteiger partial charge in [-0.3, -0.25) is 0 Å². The predicted molar refractivity (Wildman–Crippen MR) is 101 cm³/mol. The van der Waals surface area contributed by atoms with E-state index in [4.69, 9.17) is 25.5 Å². The normalized spacial score (nSPS) is 17.5. The van der Waals surface area contributed by atoms with Crippen molar-refractivity contribution in [3.05, 3.63) is 17.1 Å². The predicted octanol–water partition coefficient (Wildman–Crippen LogP) is 2.54. The summed E-state index contributed by atoms with van der Waals surface area (Å²) in [5.41, 5.74) is 0.436. The Hall–Kier alpha value is -2.46. The lowest BCUT2D eigenvalue weighted by atomic mass is 10.2. The van der Waals surface area contributed by atoms with Gasteiger partial charge in [0, 0.05) is 26.1 Å². The molecule has 1 aliphatic rings. The van der Waals surface area contributed by atoms with Crippen LogP contribution in [0.1, 0.15) is 26.7 Å². The van der Waals surface area contributed by atoms with Gasteiger partial charge in [0.15, 0.2) is 10.8 Å². The summed E-state index contributed by atoms with van der Waals surface area (Å²) in [5, 5.41) is 19.1. The van der Waals surface area contributed by atoms with Crippen molar-refractivity contribution in [3.63, 3.8) is 0 Å². The first-order valence-electron chi connectivity index (χ1n) is 8.88. The maximum Gasteiger partial charge on any atom is 0.410 e. The minimum Gasteiger partial charge on any atom is -0.444 e. The maximum absolute atomic E-state index is 12.3. The van der Waals surface area contributed by atoms with E-state index in [2.05, 4.69) is 25.7 Å². The number of anilines is 1. The standard InChI is InChI=1S/C17H23ClN6O4/c1-10-20-23-15(27-10)14-12(7-13(18)21-22-14)19-8-11-9-24(5-6-26-11)16(25)28-17(2,3)4/h7,11H,5-6,8-9H2,1-4H3,(H,19,21). The van der Waals surface area contributed by atoms with Gasteiger partial charge in [-0.1, -0.05) is 11.6 Å². The van der Waals surface area contributed by atoms with E-state index in [-0.39, 0.29) is 23.2 Å². The first-order valence-corrected chi connectivity index (χ1v) is 9.26. The monoisotopic (exact) mass is 410 g/mol. The molecule has 1 amide bonds. The zero-order valence-corrected chi connectivity index (χ0v) is 17.0. The molecule has 1 saturated heterocycles. The molecule has 3 rings (SSSR count). The van der Waals surface area contributed by atoms with Gasteiger partial charge in [0.05, 0.1) is 24.9 Å². The molecule has 0 saturated carbocycles. The lowest BCUT2D eigenvalue weighted by Gasteiger charge is -2.34. The van der Waals surface area contributed by atoms with E-state index < -0.39 is 5.60 Å². The Morgan fingerprint density at radius 3 is 2.82 bits per heavy atom. The number of amides is 1. The number of carbonyl (C=O) groups excluding carboxylic acids is 1. The molecule has 0 aliphatic carbocycles. The number of hydrogen-bond acceptors (Lipinski definition) is 9. The van der Waals surface area contributed by atoms with Gasteiger partial charge in [0.1, 0.15) is 5.60 Å². The first kappa shape index (κ1) is 20.3. The third kappa shape index (κ3) is 5.29. The minimum absolute atomic E-state index is 0.224. The van der Waals surface area contributed by atoms with Crippen molar-refractivity contribution in [2.45, 2.75) is 39.4 Å². The molecule has 1 atom stereocenters. The van der Waals surface area contributed by atoms with Crippen LogP contribution in [0.4, 0.5) is 10.5 Å². The molecule has 1 aliphatic heterocycles. The highest BCUT2D eigenvalue weighted by molar-refractivity contribution is 6.29. The Morgan fingerprint density at radius 1 is 1.36 bits per heavy atom. The summed E-state index contributed by atoms with van der Waals surface area (Å²) in [6, 6.07) is 1.62. The Bertz CT molecular complexity index is 837. The number of rotatable bonds is 4. The van der Waals surface area contributed by atoms with Gasteiger partial charge >= 0.3 is 6.09 Å². The van der Waals surface area contributed by atoms with Gasteiger partial charge in [-0.2, -0.15) is 0 Å². The second-order valence-corrected chi connectivity index (χ2v) is 7.74. The van der Waals surface area contributed by atoms with Crippen LogP contribution in [0.3, 0.4) is 0 Å². The molecule has 1 fully saturated rings. The van der Waals surface area contributed by atoms with Crippen LogP contribution in [0.2, 0.25) is 5.15 Å². The van der Waals surface area contributed by atoms with Gasteiger partial charge in [-0.15, -0.1) is 20.4 Å². The zero-order valence-electron chi connectivity index (χ0n) is 16.2. The van der Waals surface area contributed by atoms with Crippen LogP contribution in [0, 0.1) is 6.92 Å². The van der Waals surface area contributed by atoms with Crippen LogP contribution < -0.4 is 5.32 Å². The molecular weight excluding hydrogens is 388 g/mol. The zero-order chi connectivity index (χ0) is 20.3. The van der Waals surface area contributed by atoms with E-state index in [1.807, 2.05) is 20.8 Å². The Morgan fingerprint density at radius 2 is 2.14 bits per heavy atom. The lowest BCUT2D eigenvalue weighted by Crippen LogP contribution is -2.49. The molecule has 152 valence electrons. The topological polar surface area (TPSA) is 116 Å². The fraction of sp³-hybridized carbons (Fsp3) is 0.588. The smallest absolute Gasteiger partial charge is 0.410 e. The van der Waals surface area contributed by atoms with Gasteiger partial charge < -0.3 is 24.1 Å². The third-order valence-electron chi connectivity index (χ3n) is 3.80. The quantitative estimate of drug-likeness (QED) is 0.811. The van der Waals surface area contributed by atoms with E-state index in [0.717, 1.165) is 0 Å². The average Bonchev–Trinajstić information content (AvgIpc) is 3.05. The van der Waals surface area contributed by atoms with E-state index in [1.165, 1.54) is 0 Å². The fourth-order valence-corrected chi connectivity index (χ4v) is 2.76. The third-order valence-corrected chi connectivity index (χ3v) is 3.99. The second-order valence-electron chi connectivity index (χ2n) is 7.36. The summed E-state index contributed by atoms with van der Waals surface area (Å²) in [7, 11) is 0. The summed E-state index contributed by atoms with van der Waals surface area (Å²) in [5.74, 6) is 0.658. The van der Waals surface area contributed by atoms with E-state index in [1.54, 1.807) is 17.9 Å². The molecule has 11 heteroatoms. The number of morpholine rings is 1. The van der Waals surface area contributed by atoms with Gasteiger partial charge in [-0.05, 0) is 20.8 Å². The van der Waals surface area contributed by atoms with Gasteiger partial charge in [0.25, 0.3) is 5.89 Å². The van der Waals surface area contributed by atoms with Gasteiger partial charge in [-0.25, -0.2) is 4.79 Å². The highest BCUT2D eigenvalue weighted by Crippen LogP contribution is 2.26. The number of hydrogen-bond donors (Lipinski definition) is 1. The van der Waals surface area contributed by atoms with Crippen LogP contribution in [-0.4, -0.2) is 69.3 Å². The van der Waals surface area contributed by atoms with E-state index in [9.17, 15) is 4.79 Å². The average molecular weight is 411 g/mol. The summed E-state index contributed by atoms with van der Waals surface area (Å²) >= 11 is 5.98. The fourth-order valence-electron chi connectivity index (χ4n) is 2.61. The molecule has 2 aromatic heterocycles. The van der Waals surface area contributed by atoms with E-state index in [0.29, 0.717) is 43.5 Å². The van der Waals surface area contributed by atoms with Crippen molar-refractivity contribution in [1.82, 2.24) is 25.3 Å². The minimum atomic E-state index is -0.542. The van der Waals surface area contributed by atoms with Crippen LogP contribution >= 0.6 is 11.6 Å². The summed E-state index contributed by atoms with van der Waals surface area (Å²) in [4.78, 5) is 13.9. The maximum atomic E-state index is 12.3. The molecule has 1 N–H and O–H groups in total. The number of ether oxygens (including phenoxy) is 2. The number of aryl methyl sites for hydroxylation is 1. The summed E-state index contributed by atoms with van der Waals surface area (Å²) < 4.78 is 16.6. The van der Waals surface area contributed by atoms with Crippen molar-refractivity contribution in [3.8, 4) is 11.6 Å². The van der Waals surface area contributed by atoms with Crippen molar-refractivity contribution >= 4 is 23.4 Å². The van der Waals surface area contributed by atoms with Crippen LogP contribution in [0.15, 0.2) is 10.5 Å². The highest BCUT2D eigenvalue weighted by atomic mass is 35.5. The number of nitrogens with one attached hydrogen (secondary N) is 1. The lowest BCUT2D eigenvalue weighted by molar-refractivity contribution is -0.0371.